The molecular weight excluding hydrogens is 270 g/mol. The van der Waals surface area contributed by atoms with Crippen LogP contribution in [-0.4, -0.2) is 37.3 Å². The number of hydrogen-bond donors (Lipinski definition) is 3. The molecule has 20 heavy (non-hydrogen) atoms. The van der Waals surface area contributed by atoms with Crippen molar-refractivity contribution in [1.82, 2.24) is 10.6 Å². The molecule has 0 bridgehead atoms. The zero-order chi connectivity index (χ0) is 15.1. The van der Waals surface area contributed by atoms with Gasteiger partial charge in [0, 0.05) is 19.6 Å². The van der Waals surface area contributed by atoms with Gasteiger partial charge < -0.3 is 20.5 Å². The van der Waals surface area contributed by atoms with Crippen molar-refractivity contribution in [3.63, 3.8) is 0 Å². The van der Waals surface area contributed by atoms with Gasteiger partial charge in [-0.1, -0.05) is 12.1 Å². The number of hydrogen-bond acceptors (Lipinski definition) is 4. The van der Waals surface area contributed by atoms with Crippen molar-refractivity contribution in [2.24, 2.45) is 0 Å². The van der Waals surface area contributed by atoms with E-state index in [0.717, 1.165) is 5.56 Å². The van der Waals surface area contributed by atoms with Gasteiger partial charge in [-0.3, -0.25) is 4.79 Å². The van der Waals surface area contributed by atoms with Crippen molar-refractivity contribution in [1.29, 1.82) is 0 Å². The summed E-state index contributed by atoms with van der Waals surface area (Å²) in [6, 6.07) is 6.02. The van der Waals surface area contributed by atoms with Gasteiger partial charge in [-0.05, 0) is 24.6 Å². The quantitative estimate of drug-likeness (QED) is 0.701. The summed E-state index contributed by atoms with van der Waals surface area (Å²) in [6.45, 7) is -0.922. The summed E-state index contributed by atoms with van der Waals surface area (Å²) in [5.41, 5.74) is 0.829. The maximum absolute atomic E-state index is 12.0. The fourth-order valence-corrected chi connectivity index (χ4v) is 1.60. The Morgan fingerprint density at radius 3 is 2.45 bits per heavy atom. The largest absolute Gasteiger partial charge is 0.435 e. The van der Waals surface area contributed by atoms with Crippen LogP contribution in [0.4, 0.5) is 8.78 Å². The number of alkyl halides is 2. The van der Waals surface area contributed by atoms with E-state index in [1.807, 2.05) is 6.92 Å². The van der Waals surface area contributed by atoms with Gasteiger partial charge in [0.1, 0.15) is 11.9 Å². The molecule has 5 nitrogen and oxygen atoms in total. The molecule has 0 radical (unpaired) electrons. The molecule has 1 aromatic carbocycles. The van der Waals surface area contributed by atoms with Gasteiger partial charge >= 0.3 is 6.61 Å². The Labute approximate surface area is 115 Å². The van der Waals surface area contributed by atoms with Crippen LogP contribution >= 0.6 is 0 Å². The van der Waals surface area contributed by atoms with Crippen LogP contribution in [0, 0.1) is 0 Å². The Bertz CT molecular complexity index is 426. The average Bonchev–Trinajstić information content (AvgIpc) is 2.43. The Hall–Kier alpha value is -1.73. The number of likely N-dealkylation sites (N-methyl/N-ethyl adjacent to an activating group) is 1. The highest BCUT2D eigenvalue weighted by molar-refractivity contribution is 5.80. The van der Waals surface area contributed by atoms with Crippen molar-refractivity contribution < 1.29 is 23.4 Å². The van der Waals surface area contributed by atoms with Crippen LogP contribution in [0.5, 0.6) is 5.75 Å². The predicted octanol–water partition coefficient (Wildman–Crippen LogP) is 1.05. The van der Waals surface area contributed by atoms with Crippen molar-refractivity contribution in [3.05, 3.63) is 29.8 Å². The molecule has 0 aliphatic rings. The van der Waals surface area contributed by atoms with E-state index in [2.05, 4.69) is 15.4 Å². The first-order valence-corrected chi connectivity index (χ1v) is 6.12. The second-order valence-corrected chi connectivity index (χ2v) is 4.21. The number of carbonyl (C=O) groups is 1. The van der Waals surface area contributed by atoms with E-state index in [-0.39, 0.29) is 18.3 Å². The second kappa shape index (κ2) is 7.76. The van der Waals surface area contributed by atoms with E-state index in [9.17, 15) is 18.7 Å². The third-order valence-electron chi connectivity index (χ3n) is 2.77. The number of ether oxygens (including phenoxy) is 1. The molecular formula is C13H18F2N2O3. The topological polar surface area (TPSA) is 70.6 Å². The Morgan fingerprint density at radius 2 is 1.95 bits per heavy atom. The third-order valence-corrected chi connectivity index (χ3v) is 2.77. The zero-order valence-corrected chi connectivity index (χ0v) is 11.3. The van der Waals surface area contributed by atoms with Gasteiger partial charge in [0.25, 0.3) is 0 Å². The lowest BCUT2D eigenvalue weighted by atomic mass is 10.1. The molecule has 0 aliphatic carbocycles. The molecule has 0 aliphatic heterocycles. The summed E-state index contributed by atoms with van der Waals surface area (Å²) in [7, 11) is 1.44. The number of amides is 1. The van der Waals surface area contributed by atoms with E-state index >= 15 is 0 Å². The first kappa shape index (κ1) is 16.3. The van der Waals surface area contributed by atoms with Crippen LogP contribution in [-0.2, 0) is 4.79 Å². The van der Waals surface area contributed by atoms with Crippen LogP contribution in [0.3, 0.4) is 0 Å². The summed E-state index contributed by atoms with van der Waals surface area (Å²) < 4.78 is 28.2. The van der Waals surface area contributed by atoms with E-state index in [4.69, 9.17) is 0 Å². The molecule has 2 atom stereocenters. The van der Waals surface area contributed by atoms with Crippen LogP contribution in [0.1, 0.15) is 18.5 Å². The van der Waals surface area contributed by atoms with E-state index in [1.54, 1.807) is 12.1 Å². The molecule has 1 aromatic rings. The lowest BCUT2D eigenvalue weighted by Gasteiger charge is -2.17. The molecule has 7 heteroatoms. The molecule has 0 saturated carbocycles. The molecule has 0 spiro atoms. The number of benzene rings is 1. The van der Waals surface area contributed by atoms with Gasteiger partial charge in [-0.15, -0.1) is 0 Å². The molecule has 0 saturated heterocycles. The highest BCUT2D eigenvalue weighted by Crippen LogP contribution is 2.19. The van der Waals surface area contributed by atoms with Gasteiger partial charge in [-0.2, -0.15) is 8.78 Å². The number of aliphatic hydroxyl groups is 1. The van der Waals surface area contributed by atoms with Crippen LogP contribution in [0.25, 0.3) is 0 Å². The minimum atomic E-state index is -2.85. The maximum Gasteiger partial charge on any atom is 0.387 e. The molecule has 0 fully saturated rings. The fourth-order valence-electron chi connectivity index (χ4n) is 1.60. The monoisotopic (exact) mass is 288 g/mol. The van der Waals surface area contributed by atoms with Gasteiger partial charge in [0.15, 0.2) is 0 Å². The second-order valence-electron chi connectivity index (χ2n) is 4.21. The van der Waals surface area contributed by atoms with E-state index in [0.29, 0.717) is 0 Å². The van der Waals surface area contributed by atoms with Crippen molar-refractivity contribution in [3.8, 4) is 5.75 Å². The smallest absolute Gasteiger partial charge is 0.387 e. The summed E-state index contributed by atoms with van der Waals surface area (Å²) in [5.74, 6) is -0.383. The molecule has 1 rings (SSSR count). The first-order valence-electron chi connectivity index (χ1n) is 6.12. The standard InChI is InChI=1S/C13H18F2N2O3/c1-8(17-7-11(18)12(19)16-2)9-3-5-10(6-4-9)20-13(14)15/h3-6,8,11,13,17-18H,7H2,1-2H3,(H,16,19). The minimum absolute atomic E-state index is 0.0846. The minimum Gasteiger partial charge on any atom is -0.435 e. The van der Waals surface area contributed by atoms with Crippen LogP contribution in [0.15, 0.2) is 24.3 Å². The summed E-state index contributed by atoms with van der Waals surface area (Å²) in [6.07, 6.45) is -1.14. The number of rotatable bonds is 7. The average molecular weight is 288 g/mol. The lowest BCUT2D eigenvalue weighted by molar-refractivity contribution is -0.128. The molecule has 0 heterocycles. The SMILES string of the molecule is CNC(=O)C(O)CNC(C)c1ccc(OC(F)F)cc1. The van der Waals surface area contributed by atoms with E-state index in [1.165, 1.54) is 19.2 Å². The summed E-state index contributed by atoms with van der Waals surface area (Å²) in [5, 5.41) is 14.8. The van der Waals surface area contributed by atoms with Crippen molar-refractivity contribution >= 4 is 5.91 Å². The predicted molar refractivity (Wildman–Crippen MR) is 69.6 cm³/mol. The van der Waals surface area contributed by atoms with Gasteiger partial charge in [0.2, 0.25) is 5.91 Å². The molecule has 112 valence electrons. The molecule has 1 amide bonds. The lowest BCUT2D eigenvalue weighted by Crippen LogP contribution is -2.40. The fraction of sp³-hybridized carbons (Fsp3) is 0.462. The van der Waals surface area contributed by atoms with Crippen molar-refractivity contribution in [2.75, 3.05) is 13.6 Å². The highest BCUT2D eigenvalue weighted by Gasteiger charge is 2.14. The molecule has 0 aromatic heterocycles. The first-order chi connectivity index (χ1) is 9.43. The summed E-state index contributed by atoms with van der Waals surface area (Å²) in [4.78, 5) is 11.1. The number of nitrogens with one attached hydrogen (secondary N) is 2. The third kappa shape index (κ3) is 5.10. The number of halogens is 2. The molecule has 2 unspecified atom stereocenters. The number of aliphatic hydroxyl groups excluding tert-OH is 1. The van der Waals surface area contributed by atoms with E-state index < -0.39 is 18.6 Å². The highest BCUT2D eigenvalue weighted by atomic mass is 19.3. The van der Waals surface area contributed by atoms with Gasteiger partial charge in [0.05, 0.1) is 0 Å². The number of carbonyl (C=O) groups excluding carboxylic acids is 1. The zero-order valence-electron chi connectivity index (χ0n) is 11.3. The Balaban J connectivity index is 2.51. The van der Waals surface area contributed by atoms with Crippen molar-refractivity contribution in [2.45, 2.75) is 25.7 Å². The maximum atomic E-state index is 12.0. The normalized spacial score (nSPS) is 13.9. The van der Waals surface area contributed by atoms with Crippen LogP contribution < -0.4 is 15.4 Å². The Morgan fingerprint density at radius 1 is 1.35 bits per heavy atom. The Kier molecular flexibility index (Phi) is 6.33. The summed E-state index contributed by atoms with van der Waals surface area (Å²) >= 11 is 0. The van der Waals surface area contributed by atoms with Gasteiger partial charge in [-0.25, -0.2) is 0 Å². The molecule has 3 N–H and O–H groups in total. The van der Waals surface area contributed by atoms with Crippen LogP contribution in [0.2, 0.25) is 0 Å².